The largest absolute Gasteiger partial charge is 0.486 e. The second-order valence-corrected chi connectivity index (χ2v) is 7.12. The Morgan fingerprint density at radius 3 is 2.55 bits per heavy atom. The topological polar surface area (TPSA) is 60.0 Å². The quantitative estimate of drug-likeness (QED) is 0.764. The molecule has 6 nitrogen and oxygen atoms in total. The predicted molar refractivity (Wildman–Crippen MR) is 111 cm³/mol. The molecule has 2 aromatic rings. The highest BCUT2D eigenvalue weighted by molar-refractivity contribution is 5.92. The SMILES string of the molecule is O=C(/C=C/c1ccc2c(c1)OCCO2)N[C@H](CN1CCOCC1)c1ccccc1. The highest BCUT2D eigenvalue weighted by atomic mass is 16.6. The van der Waals surface area contributed by atoms with Gasteiger partial charge in [-0.3, -0.25) is 9.69 Å². The van der Waals surface area contributed by atoms with Gasteiger partial charge in [0, 0.05) is 25.7 Å². The van der Waals surface area contributed by atoms with Gasteiger partial charge in [-0.1, -0.05) is 36.4 Å². The number of carbonyl (C=O) groups excluding carboxylic acids is 1. The second-order valence-electron chi connectivity index (χ2n) is 7.12. The first-order chi connectivity index (χ1) is 14.3. The molecule has 0 unspecified atom stereocenters. The zero-order chi connectivity index (χ0) is 19.9. The maximum absolute atomic E-state index is 12.6. The van der Waals surface area contributed by atoms with Crippen molar-refractivity contribution >= 4 is 12.0 Å². The summed E-state index contributed by atoms with van der Waals surface area (Å²) >= 11 is 0. The van der Waals surface area contributed by atoms with Crippen molar-refractivity contribution in [2.24, 2.45) is 0 Å². The number of fused-ring (bicyclic) bond motifs is 1. The van der Waals surface area contributed by atoms with Gasteiger partial charge in [0.25, 0.3) is 0 Å². The van der Waals surface area contributed by atoms with E-state index in [1.54, 1.807) is 12.2 Å². The number of ether oxygens (including phenoxy) is 3. The molecule has 0 aliphatic carbocycles. The van der Waals surface area contributed by atoms with E-state index in [9.17, 15) is 4.79 Å². The van der Waals surface area contributed by atoms with Crippen LogP contribution in [0.2, 0.25) is 0 Å². The van der Waals surface area contributed by atoms with Crippen molar-refractivity contribution in [3.05, 3.63) is 65.7 Å². The molecule has 2 aliphatic heterocycles. The summed E-state index contributed by atoms with van der Waals surface area (Å²) in [7, 11) is 0. The summed E-state index contributed by atoms with van der Waals surface area (Å²) in [6, 6.07) is 15.7. The van der Waals surface area contributed by atoms with Gasteiger partial charge >= 0.3 is 0 Å². The standard InChI is InChI=1S/C23H26N2O4/c26-23(9-7-18-6-8-21-22(16-18)29-15-14-28-21)24-20(19-4-2-1-3-5-19)17-25-10-12-27-13-11-25/h1-9,16,20H,10-15,17H2,(H,24,26)/b9-7+/t20-/m1/s1. The number of benzene rings is 2. The number of nitrogens with one attached hydrogen (secondary N) is 1. The summed E-state index contributed by atoms with van der Waals surface area (Å²) in [5, 5.41) is 3.15. The maximum Gasteiger partial charge on any atom is 0.244 e. The lowest BCUT2D eigenvalue weighted by Gasteiger charge is -2.31. The minimum absolute atomic E-state index is 0.0771. The Balaban J connectivity index is 1.42. The van der Waals surface area contributed by atoms with E-state index in [1.165, 1.54) is 0 Å². The van der Waals surface area contributed by atoms with Gasteiger partial charge in [-0.15, -0.1) is 0 Å². The number of nitrogens with zero attached hydrogens (tertiary/aromatic N) is 1. The number of rotatable bonds is 6. The van der Waals surface area contributed by atoms with Crippen LogP contribution in [0.3, 0.4) is 0 Å². The molecule has 0 saturated carbocycles. The van der Waals surface area contributed by atoms with Crippen LogP contribution >= 0.6 is 0 Å². The zero-order valence-corrected chi connectivity index (χ0v) is 16.4. The predicted octanol–water partition coefficient (Wildman–Crippen LogP) is 2.66. The first-order valence-electron chi connectivity index (χ1n) is 10.0. The molecule has 1 atom stereocenters. The van der Waals surface area contributed by atoms with Gasteiger partial charge < -0.3 is 19.5 Å². The summed E-state index contributed by atoms with van der Waals surface area (Å²) < 4.78 is 16.6. The van der Waals surface area contributed by atoms with Crippen molar-refractivity contribution in [1.82, 2.24) is 10.2 Å². The average molecular weight is 394 g/mol. The number of carbonyl (C=O) groups is 1. The third kappa shape index (κ3) is 5.37. The van der Waals surface area contributed by atoms with E-state index >= 15 is 0 Å². The highest BCUT2D eigenvalue weighted by Crippen LogP contribution is 2.31. The van der Waals surface area contributed by atoms with Crippen LogP contribution in [0.1, 0.15) is 17.2 Å². The first kappa shape index (κ1) is 19.5. The fourth-order valence-corrected chi connectivity index (χ4v) is 3.52. The van der Waals surface area contributed by atoms with Gasteiger partial charge in [0.15, 0.2) is 11.5 Å². The lowest BCUT2D eigenvalue weighted by molar-refractivity contribution is -0.117. The Hall–Kier alpha value is -2.83. The number of hydrogen-bond acceptors (Lipinski definition) is 5. The van der Waals surface area contributed by atoms with Crippen molar-refractivity contribution < 1.29 is 19.0 Å². The van der Waals surface area contributed by atoms with E-state index in [0.717, 1.165) is 49.7 Å². The smallest absolute Gasteiger partial charge is 0.244 e. The Kier molecular flexibility index (Phi) is 6.44. The number of hydrogen-bond donors (Lipinski definition) is 1. The molecule has 6 heteroatoms. The van der Waals surface area contributed by atoms with Gasteiger partial charge in [0.05, 0.1) is 19.3 Å². The number of morpholine rings is 1. The van der Waals surface area contributed by atoms with E-state index in [1.807, 2.05) is 36.4 Å². The van der Waals surface area contributed by atoms with E-state index in [0.29, 0.717) is 19.0 Å². The monoisotopic (exact) mass is 394 g/mol. The molecule has 0 radical (unpaired) electrons. The van der Waals surface area contributed by atoms with Crippen molar-refractivity contribution in [3.8, 4) is 11.5 Å². The molecule has 1 fully saturated rings. The summed E-state index contributed by atoms with van der Waals surface area (Å²) in [6.07, 6.45) is 3.37. The molecule has 0 spiro atoms. The molecule has 1 N–H and O–H groups in total. The maximum atomic E-state index is 12.6. The second kappa shape index (κ2) is 9.58. The van der Waals surface area contributed by atoms with Crippen molar-refractivity contribution in [2.45, 2.75) is 6.04 Å². The van der Waals surface area contributed by atoms with Crippen LogP contribution in [0.25, 0.3) is 6.08 Å². The molecule has 0 aromatic heterocycles. The van der Waals surface area contributed by atoms with Crippen molar-refractivity contribution in [1.29, 1.82) is 0 Å². The molecule has 2 aromatic carbocycles. The van der Waals surface area contributed by atoms with Crippen LogP contribution in [0.4, 0.5) is 0 Å². The normalized spacial score (nSPS) is 17.8. The summed E-state index contributed by atoms with van der Waals surface area (Å²) in [6.45, 7) is 5.10. The Morgan fingerprint density at radius 1 is 1.00 bits per heavy atom. The van der Waals surface area contributed by atoms with Crippen molar-refractivity contribution in [3.63, 3.8) is 0 Å². The van der Waals surface area contributed by atoms with Gasteiger partial charge in [0.1, 0.15) is 13.2 Å². The molecular weight excluding hydrogens is 368 g/mol. The van der Waals surface area contributed by atoms with E-state index < -0.39 is 0 Å². The fourth-order valence-electron chi connectivity index (χ4n) is 3.52. The Bertz CT molecular complexity index is 847. The van der Waals surface area contributed by atoms with E-state index in [2.05, 4.69) is 22.3 Å². The third-order valence-corrected chi connectivity index (χ3v) is 5.06. The minimum Gasteiger partial charge on any atom is -0.486 e. The highest BCUT2D eigenvalue weighted by Gasteiger charge is 2.19. The summed E-state index contributed by atoms with van der Waals surface area (Å²) in [5.41, 5.74) is 1.99. The summed E-state index contributed by atoms with van der Waals surface area (Å²) in [4.78, 5) is 15.0. The van der Waals surface area contributed by atoms with Crippen LogP contribution in [-0.4, -0.2) is 56.9 Å². The molecular formula is C23H26N2O4. The first-order valence-corrected chi connectivity index (χ1v) is 10.0. The number of amides is 1. The lowest BCUT2D eigenvalue weighted by Crippen LogP contribution is -2.42. The van der Waals surface area contributed by atoms with Gasteiger partial charge in [-0.05, 0) is 29.3 Å². The van der Waals surface area contributed by atoms with Crippen LogP contribution in [0, 0.1) is 0 Å². The van der Waals surface area contributed by atoms with E-state index in [4.69, 9.17) is 14.2 Å². The summed E-state index contributed by atoms with van der Waals surface area (Å²) in [5.74, 6) is 1.34. The van der Waals surface area contributed by atoms with Crippen LogP contribution in [0.5, 0.6) is 11.5 Å². The van der Waals surface area contributed by atoms with Gasteiger partial charge in [0.2, 0.25) is 5.91 Å². The Labute approximate surface area is 171 Å². The Morgan fingerprint density at radius 2 is 1.76 bits per heavy atom. The average Bonchev–Trinajstić information content (AvgIpc) is 2.78. The van der Waals surface area contributed by atoms with Crippen LogP contribution in [-0.2, 0) is 9.53 Å². The van der Waals surface area contributed by atoms with Gasteiger partial charge in [-0.2, -0.15) is 0 Å². The lowest BCUT2D eigenvalue weighted by atomic mass is 10.1. The molecule has 29 heavy (non-hydrogen) atoms. The fraction of sp³-hybridized carbons (Fsp3) is 0.348. The van der Waals surface area contributed by atoms with Crippen LogP contribution in [0.15, 0.2) is 54.6 Å². The zero-order valence-electron chi connectivity index (χ0n) is 16.4. The minimum atomic E-state index is -0.123. The van der Waals surface area contributed by atoms with E-state index in [-0.39, 0.29) is 11.9 Å². The van der Waals surface area contributed by atoms with Crippen LogP contribution < -0.4 is 14.8 Å². The molecule has 0 bridgehead atoms. The third-order valence-electron chi connectivity index (χ3n) is 5.06. The molecule has 152 valence electrons. The molecule has 2 aliphatic rings. The molecule has 4 rings (SSSR count). The molecule has 1 saturated heterocycles. The van der Waals surface area contributed by atoms with Gasteiger partial charge in [-0.25, -0.2) is 0 Å². The molecule has 2 heterocycles. The molecule has 1 amide bonds. The van der Waals surface area contributed by atoms with Crippen molar-refractivity contribution in [2.75, 3.05) is 46.1 Å².